The van der Waals surface area contributed by atoms with Gasteiger partial charge in [0.1, 0.15) is 6.04 Å². The molecule has 1 unspecified atom stereocenters. The maximum atomic E-state index is 12.3. The molecular formula is C19H20N7NaO6. The van der Waals surface area contributed by atoms with E-state index in [-0.39, 0.29) is 77.5 Å². The first-order valence-corrected chi connectivity index (χ1v) is 9.30. The van der Waals surface area contributed by atoms with Gasteiger partial charge in [-0.25, -0.2) is 14.8 Å². The van der Waals surface area contributed by atoms with Gasteiger partial charge in [-0.1, -0.05) is 0 Å². The number of carbonyl (C=O) groups is 3. The van der Waals surface area contributed by atoms with Gasteiger partial charge in [0.05, 0.1) is 18.4 Å². The molecule has 2 heterocycles. The van der Waals surface area contributed by atoms with Gasteiger partial charge in [-0.2, -0.15) is 9.97 Å². The van der Waals surface area contributed by atoms with Crippen molar-refractivity contribution in [3.63, 3.8) is 0 Å². The normalized spacial score (nSPS) is 11.3. The van der Waals surface area contributed by atoms with Gasteiger partial charge in [-0.05, 0) is 30.7 Å². The van der Waals surface area contributed by atoms with E-state index in [0.29, 0.717) is 11.4 Å². The minimum atomic E-state index is -1.31. The van der Waals surface area contributed by atoms with E-state index in [4.69, 9.17) is 15.9 Å². The predicted molar refractivity (Wildman–Crippen MR) is 118 cm³/mol. The first-order valence-electron chi connectivity index (χ1n) is 9.30. The quantitative estimate of drug-likeness (QED) is 0.225. The number of nitrogens with two attached hydrogens (primary N) is 1. The molecule has 3 aromatic rings. The third-order valence-corrected chi connectivity index (χ3v) is 4.33. The number of hydrogen-bond donors (Lipinski definition) is 6. The number of amides is 1. The topological polar surface area (TPSA) is 214 Å². The number of aliphatic carboxylic acids is 2. The molecule has 0 aliphatic rings. The third-order valence-electron chi connectivity index (χ3n) is 4.33. The number of fused-ring (bicyclic) bond motifs is 1. The summed E-state index contributed by atoms with van der Waals surface area (Å²) in [7, 11) is 0. The zero-order valence-corrected chi connectivity index (χ0v) is 16.5. The van der Waals surface area contributed by atoms with Crippen LogP contribution in [0, 0.1) is 0 Å². The zero-order valence-electron chi connectivity index (χ0n) is 16.5. The fraction of sp³-hybridized carbons (Fsp3) is 0.211. The van der Waals surface area contributed by atoms with Crippen LogP contribution in [0.1, 0.15) is 28.9 Å². The van der Waals surface area contributed by atoms with E-state index in [0.717, 1.165) is 0 Å². The summed E-state index contributed by atoms with van der Waals surface area (Å²) in [4.78, 5) is 50.0. The molecule has 7 N–H and O–H groups in total. The van der Waals surface area contributed by atoms with Crippen molar-refractivity contribution in [2.75, 3.05) is 11.1 Å². The molecule has 0 fully saturated rings. The van der Waals surface area contributed by atoms with Crippen molar-refractivity contribution in [2.24, 2.45) is 0 Å². The molecule has 2 aromatic heterocycles. The van der Waals surface area contributed by atoms with Gasteiger partial charge in [0.2, 0.25) is 11.8 Å². The Bertz CT molecular complexity index is 1180. The summed E-state index contributed by atoms with van der Waals surface area (Å²) in [6.07, 6.45) is 0.858. The Labute approximate surface area is 208 Å². The summed E-state index contributed by atoms with van der Waals surface area (Å²) >= 11 is 0. The summed E-state index contributed by atoms with van der Waals surface area (Å²) in [5.74, 6) is -3.59. The number of aromatic hydroxyl groups is 1. The van der Waals surface area contributed by atoms with E-state index in [2.05, 4.69) is 30.6 Å². The summed E-state index contributed by atoms with van der Waals surface area (Å²) in [5, 5.41) is 33.1. The van der Waals surface area contributed by atoms with Gasteiger partial charge < -0.3 is 31.7 Å². The summed E-state index contributed by atoms with van der Waals surface area (Å²) < 4.78 is 0. The van der Waals surface area contributed by atoms with E-state index >= 15 is 0 Å². The Balaban J connectivity index is 0.00000385. The number of nitrogen functional groups attached to an aromatic ring is 1. The first kappa shape index (κ1) is 25.7. The minimum absolute atomic E-state index is 0. The van der Waals surface area contributed by atoms with Crippen molar-refractivity contribution in [3.8, 4) is 5.88 Å². The molecule has 168 valence electrons. The summed E-state index contributed by atoms with van der Waals surface area (Å²) in [5.41, 5.74) is 7.07. The second-order valence-electron chi connectivity index (χ2n) is 6.67. The van der Waals surface area contributed by atoms with Crippen LogP contribution in [0.15, 0.2) is 30.5 Å². The predicted octanol–water partition coefficient (Wildman–Crippen LogP) is -0.281. The molecule has 0 saturated heterocycles. The number of aromatic nitrogens is 4. The van der Waals surface area contributed by atoms with E-state index in [1.807, 2.05) is 0 Å². The van der Waals surface area contributed by atoms with Crippen molar-refractivity contribution >= 4 is 70.2 Å². The van der Waals surface area contributed by atoms with Gasteiger partial charge in [0.15, 0.2) is 11.2 Å². The fourth-order valence-corrected chi connectivity index (χ4v) is 2.73. The van der Waals surface area contributed by atoms with Crippen LogP contribution in [0.25, 0.3) is 11.2 Å². The zero-order chi connectivity index (χ0) is 23.3. The second-order valence-corrected chi connectivity index (χ2v) is 6.67. The molecule has 1 atom stereocenters. The Morgan fingerprint density at radius 3 is 2.39 bits per heavy atom. The molecular weight excluding hydrogens is 445 g/mol. The molecule has 1 aromatic carbocycles. The van der Waals surface area contributed by atoms with Gasteiger partial charge in [-0.3, -0.25) is 9.59 Å². The number of benzene rings is 1. The Kier molecular flexibility index (Phi) is 8.85. The van der Waals surface area contributed by atoms with E-state index < -0.39 is 23.9 Å². The molecule has 0 aliphatic carbocycles. The van der Waals surface area contributed by atoms with Gasteiger partial charge >= 0.3 is 41.5 Å². The Hall–Kier alpha value is -3.55. The number of nitrogens with zero attached hydrogens (tertiary/aromatic N) is 4. The van der Waals surface area contributed by atoms with Crippen LogP contribution in [0.2, 0.25) is 0 Å². The first-order chi connectivity index (χ1) is 15.2. The van der Waals surface area contributed by atoms with Crippen LogP contribution in [0.4, 0.5) is 11.6 Å². The van der Waals surface area contributed by atoms with Crippen LogP contribution in [0.5, 0.6) is 5.88 Å². The maximum absolute atomic E-state index is 12.3. The monoisotopic (exact) mass is 465 g/mol. The van der Waals surface area contributed by atoms with Crippen molar-refractivity contribution in [1.29, 1.82) is 0 Å². The van der Waals surface area contributed by atoms with Crippen molar-refractivity contribution in [3.05, 3.63) is 41.7 Å². The van der Waals surface area contributed by atoms with E-state index in [1.54, 1.807) is 12.1 Å². The number of carbonyl (C=O) groups excluding carboxylic acids is 1. The average molecular weight is 465 g/mol. The molecule has 3 rings (SSSR count). The molecule has 0 saturated carbocycles. The van der Waals surface area contributed by atoms with Crippen LogP contribution in [0.3, 0.4) is 0 Å². The van der Waals surface area contributed by atoms with E-state index in [9.17, 15) is 19.5 Å². The number of anilines is 2. The molecule has 0 aliphatic heterocycles. The molecule has 0 bridgehead atoms. The van der Waals surface area contributed by atoms with Crippen LogP contribution < -0.4 is 16.4 Å². The van der Waals surface area contributed by atoms with Gasteiger partial charge in [0, 0.05) is 17.7 Å². The van der Waals surface area contributed by atoms with Crippen molar-refractivity contribution in [1.82, 2.24) is 25.3 Å². The molecule has 0 spiro atoms. The van der Waals surface area contributed by atoms with Crippen molar-refractivity contribution in [2.45, 2.75) is 25.4 Å². The van der Waals surface area contributed by atoms with Crippen LogP contribution >= 0.6 is 0 Å². The SMILES string of the molecule is Nc1nc(O)c2nc(CNc3ccc(C(=O)NC(CCC(=O)O)C(=O)O)cc3)cnc2n1.[NaH]. The summed E-state index contributed by atoms with van der Waals surface area (Å²) in [6, 6.07) is 4.89. The Morgan fingerprint density at radius 2 is 1.76 bits per heavy atom. The van der Waals surface area contributed by atoms with E-state index in [1.165, 1.54) is 18.3 Å². The number of rotatable bonds is 9. The van der Waals surface area contributed by atoms with Gasteiger partial charge in [-0.15, -0.1) is 0 Å². The number of hydrogen-bond acceptors (Lipinski definition) is 10. The molecule has 33 heavy (non-hydrogen) atoms. The third kappa shape index (κ3) is 6.97. The van der Waals surface area contributed by atoms with Gasteiger partial charge in [0.25, 0.3) is 5.91 Å². The Morgan fingerprint density at radius 1 is 1.06 bits per heavy atom. The molecule has 1 amide bonds. The molecule has 0 radical (unpaired) electrons. The number of nitrogens with one attached hydrogen (secondary N) is 2. The van der Waals surface area contributed by atoms with Crippen LogP contribution in [-0.2, 0) is 16.1 Å². The summed E-state index contributed by atoms with van der Waals surface area (Å²) in [6.45, 7) is 0.245. The standard InChI is InChI=1S/C19H19N7O6.Na.H/c20-19-25-15-14(17(30)26-19)23-11(8-22-15)7-21-10-3-1-9(2-4-10)16(29)24-12(18(31)32)5-6-13(27)28;;/h1-4,8,12,21H,5-7H2,(H,24,29)(H,27,28)(H,31,32)(H3,20,22,25,26,30);;. The van der Waals surface area contributed by atoms with Crippen molar-refractivity contribution < 1.29 is 29.7 Å². The molecule has 14 heteroatoms. The second kappa shape index (κ2) is 11.4. The number of carboxylic acids is 2. The fourth-order valence-electron chi connectivity index (χ4n) is 2.73. The molecule has 13 nitrogen and oxygen atoms in total. The van der Waals surface area contributed by atoms with Crippen LogP contribution in [-0.4, -0.2) is 88.7 Å². The average Bonchev–Trinajstić information content (AvgIpc) is 2.75. The number of carboxylic acid groups (broad SMARTS) is 2.